The van der Waals surface area contributed by atoms with Crippen LogP contribution < -0.4 is 10.0 Å². The number of hydrogen-bond donors (Lipinski definition) is 2. The molecule has 0 atom stereocenters. The summed E-state index contributed by atoms with van der Waals surface area (Å²) in [6.07, 6.45) is 0. The van der Waals surface area contributed by atoms with E-state index in [-0.39, 0.29) is 10.8 Å². The fourth-order valence-electron chi connectivity index (χ4n) is 3.00. The molecule has 0 aliphatic rings. The number of para-hydroxylation sites is 1. The number of aryl methyl sites for hydroxylation is 3. The fourth-order valence-corrected chi connectivity index (χ4v) is 4.41. The first-order valence-corrected chi connectivity index (χ1v) is 10.8. The molecule has 0 unspecified atom stereocenters. The summed E-state index contributed by atoms with van der Waals surface area (Å²) >= 11 is 0. The molecular formula is C23H24N2O3S. The van der Waals surface area contributed by atoms with Crippen molar-refractivity contribution in [3.63, 3.8) is 0 Å². The van der Waals surface area contributed by atoms with Crippen LogP contribution in [0.3, 0.4) is 0 Å². The SMILES string of the molecule is Cc1ccccc1CNC(=O)c1ccc(C)c(S(=O)(=O)Nc2ccccc2C)c1. The average Bonchev–Trinajstić information content (AvgIpc) is 2.69. The van der Waals surface area contributed by atoms with E-state index in [0.29, 0.717) is 23.4 Å². The van der Waals surface area contributed by atoms with Crippen molar-refractivity contribution in [1.29, 1.82) is 0 Å². The summed E-state index contributed by atoms with van der Waals surface area (Å²) in [7, 11) is -3.83. The predicted molar refractivity (Wildman–Crippen MR) is 116 cm³/mol. The highest BCUT2D eigenvalue weighted by Gasteiger charge is 2.20. The Morgan fingerprint density at radius 2 is 1.48 bits per heavy atom. The predicted octanol–water partition coefficient (Wildman–Crippen LogP) is 4.34. The number of sulfonamides is 1. The zero-order valence-corrected chi connectivity index (χ0v) is 17.5. The number of hydrogen-bond acceptors (Lipinski definition) is 3. The number of benzene rings is 3. The zero-order valence-electron chi connectivity index (χ0n) is 16.7. The van der Waals surface area contributed by atoms with Crippen LogP contribution in [0.25, 0.3) is 0 Å². The number of nitrogens with one attached hydrogen (secondary N) is 2. The number of carbonyl (C=O) groups is 1. The summed E-state index contributed by atoms with van der Waals surface area (Å²) in [6, 6.07) is 19.7. The second kappa shape index (κ2) is 8.49. The van der Waals surface area contributed by atoms with Gasteiger partial charge in [0.15, 0.2) is 0 Å². The van der Waals surface area contributed by atoms with Crippen LogP contribution in [0.4, 0.5) is 5.69 Å². The molecule has 0 aliphatic carbocycles. The molecule has 0 spiro atoms. The van der Waals surface area contributed by atoms with Gasteiger partial charge in [0.05, 0.1) is 10.6 Å². The van der Waals surface area contributed by atoms with Gasteiger partial charge in [-0.05, 0) is 61.2 Å². The van der Waals surface area contributed by atoms with Crippen molar-refractivity contribution in [3.8, 4) is 0 Å². The maximum atomic E-state index is 12.9. The smallest absolute Gasteiger partial charge is 0.262 e. The standard InChI is InChI=1S/C23H24N2O3S/c1-16-8-4-6-10-20(16)15-24-23(26)19-13-12-18(3)22(14-19)29(27,28)25-21-11-7-5-9-17(21)2/h4-14,25H,15H2,1-3H3,(H,24,26). The number of carbonyl (C=O) groups excluding carboxylic acids is 1. The normalized spacial score (nSPS) is 11.1. The topological polar surface area (TPSA) is 75.3 Å². The van der Waals surface area contributed by atoms with Crippen LogP contribution in [-0.2, 0) is 16.6 Å². The van der Waals surface area contributed by atoms with E-state index in [1.165, 1.54) is 6.07 Å². The molecule has 29 heavy (non-hydrogen) atoms. The van der Waals surface area contributed by atoms with Crippen molar-refractivity contribution >= 4 is 21.6 Å². The van der Waals surface area contributed by atoms with Gasteiger partial charge in [-0.3, -0.25) is 9.52 Å². The van der Waals surface area contributed by atoms with Gasteiger partial charge in [-0.15, -0.1) is 0 Å². The van der Waals surface area contributed by atoms with E-state index in [4.69, 9.17) is 0 Å². The first-order chi connectivity index (χ1) is 13.8. The maximum Gasteiger partial charge on any atom is 0.262 e. The van der Waals surface area contributed by atoms with Gasteiger partial charge in [0.25, 0.3) is 15.9 Å². The van der Waals surface area contributed by atoms with Crippen molar-refractivity contribution in [2.24, 2.45) is 0 Å². The summed E-state index contributed by atoms with van der Waals surface area (Å²) in [5.74, 6) is -0.319. The highest BCUT2D eigenvalue weighted by Crippen LogP contribution is 2.23. The molecule has 3 aromatic rings. The van der Waals surface area contributed by atoms with E-state index in [9.17, 15) is 13.2 Å². The molecule has 0 radical (unpaired) electrons. The molecule has 0 saturated heterocycles. The van der Waals surface area contributed by atoms with Crippen molar-refractivity contribution in [1.82, 2.24) is 5.32 Å². The monoisotopic (exact) mass is 408 g/mol. The zero-order chi connectivity index (χ0) is 21.0. The van der Waals surface area contributed by atoms with E-state index >= 15 is 0 Å². The molecular weight excluding hydrogens is 384 g/mol. The largest absolute Gasteiger partial charge is 0.348 e. The molecule has 0 heterocycles. The fraction of sp³-hybridized carbons (Fsp3) is 0.174. The lowest BCUT2D eigenvalue weighted by atomic mass is 10.1. The van der Waals surface area contributed by atoms with Gasteiger partial charge >= 0.3 is 0 Å². The Hall–Kier alpha value is -3.12. The van der Waals surface area contributed by atoms with Crippen molar-refractivity contribution < 1.29 is 13.2 Å². The van der Waals surface area contributed by atoms with Crippen LogP contribution in [0.1, 0.15) is 32.6 Å². The summed E-state index contributed by atoms with van der Waals surface area (Å²) < 4.78 is 28.5. The van der Waals surface area contributed by atoms with Crippen LogP contribution in [0.5, 0.6) is 0 Å². The van der Waals surface area contributed by atoms with Crippen molar-refractivity contribution in [2.45, 2.75) is 32.2 Å². The molecule has 6 heteroatoms. The Bertz CT molecular complexity index is 1150. The third-order valence-corrected chi connectivity index (χ3v) is 6.34. The Kier molecular flexibility index (Phi) is 6.03. The van der Waals surface area contributed by atoms with Crippen LogP contribution in [0.2, 0.25) is 0 Å². The minimum atomic E-state index is -3.83. The third kappa shape index (κ3) is 4.84. The van der Waals surface area contributed by atoms with Crippen LogP contribution in [-0.4, -0.2) is 14.3 Å². The molecule has 0 aromatic heterocycles. The minimum Gasteiger partial charge on any atom is -0.348 e. The first kappa shape index (κ1) is 20.6. The van der Waals surface area contributed by atoms with Gasteiger partial charge in [-0.2, -0.15) is 0 Å². The Balaban J connectivity index is 1.83. The highest BCUT2D eigenvalue weighted by atomic mass is 32.2. The van der Waals surface area contributed by atoms with Gasteiger partial charge in [0.2, 0.25) is 0 Å². The molecule has 3 rings (SSSR count). The number of amides is 1. The molecule has 2 N–H and O–H groups in total. The molecule has 0 fully saturated rings. The molecule has 1 amide bonds. The first-order valence-electron chi connectivity index (χ1n) is 9.30. The Morgan fingerprint density at radius 3 is 2.17 bits per heavy atom. The lowest BCUT2D eigenvalue weighted by Gasteiger charge is -2.14. The van der Waals surface area contributed by atoms with Crippen LogP contribution in [0.15, 0.2) is 71.6 Å². The summed E-state index contributed by atoms with van der Waals surface area (Å²) in [5, 5.41) is 2.86. The summed E-state index contributed by atoms with van der Waals surface area (Å²) in [5.41, 5.74) is 4.31. The lowest BCUT2D eigenvalue weighted by Crippen LogP contribution is -2.24. The molecule has 0 saturated carbocycles. The second-order valence-corrected chi connectivity index (χ2v) is 8.66. The van der Waals surface area contributed by atoms with Crippen molar-refractivity contribution in [2.75, 3.05) is 4.72 Å². The van der Waals surface area contributed by atoms with Crippen molar-refractivity contribution in [3.05, 3.63) is 94.5 Å². The lowest BCUT2D eigenvalue weighted by molar-refractivity contribution is 0.0950. The van der Waals surface area contributed by atoms with E-state index in [1.807, 2.05) is 50.2 Å². The van der Waals surface area contributed by atoms with Gasteiger partial charge in [0, 0.05) is 12.1 Å². The maximum absolute atomic E-state index is 12.9. The molecule has 150 valence electrons. The highest BCUT2D eigenvalue weighted by molar-refractivity contribution is 7.92. The van der Waals surface area contributed by atoms with Gasteiger partial charge in [-0.1, -0.05) is 48.5 Å². The number of rotatable bonds is 6. The van der Waals surface area contributed by atoms with Gasteiger partial charge in [-0.25, -0.2) is 8.42 Å². The summed E-state index contributed by atoms with van der Waals surface area (Å²) in [6.45, 7) is 5.90. The number of anilines is 1. The summed E-state index contributed by atoms with van der Waals surface area (Å²) in [4.78, 5) is 12.7. The molecule has 5 nitrogen and oxygen atoms in total. The van der Waals surface area contributed by atoms with Crippen LogP contribution >= 0.6 is 0 Å². The third-order valence-electron chi connectivity index (χ3n) is 4.83. The minimum absolute atomic E-state index is 0.0873. The Morgan fingerprint density at radius 1 is 0.828 bits per heavy atom. The average molecular weight is 409 g/mol. The molecule has 3 aromatic carbocycles. The second-order valence-electron chi connectivity index (χ2n) is 7.01. The molecule has 0 aliphatic heterocycles. The van der Waals surface area contributed by atoms with E-state index in [1.54, 1.807) is 31.2 Å². The molecule has 0 bridgehead atoms. The van der Waals surface area contributed by atoms with Gasteiger partial charge in [0.1, 0.15) is 0 Å². The van der Waals surface area contributed by atoms with Gasteiger partial charge < -0.3 is 5.32 Å². The quantitative estimate of drug-likeness (QED) is 0.637. The van der Waals surface area contributed by atoms with Crippen LogP contribution in [0, 0.1) is 20.8 Å². The van der Waals surface area contributed by atoms with E-state index < -0.39 is 10.0 Å². The van der Waals surface area contributed by atoms with E-state index in [0.717, 1.165) is 16.7 Å². The van der Waals surface area contributed by atoms with E-state index in [2.05, 4.69) is 10.0 Å². The Labute approximate surface area is 171 Å².